The third kappa shape index (κ3) is 3.22. The summed E-state index contributed by atoms with van der Waals surface area (Å²) < 4.78 is 2.10. The highest BCUT2D eigenvalue weighted by molar-refractivity contribution is 5.95. The zero-order chi connectivity index (χ0) is 15.5. The molecule has 0 aliphatic heterocycles. The summed E-state index contributed by atoms with van der Waals surface area (Å²) in [4.78, 5) is 14.1. The van der Waals surface area contributed by atoms with Crippen LogP contribution in [0.4, 0.5) is 0 Å². The minimum atomic E-state index is -0.680. The maximum atomic E-state index is 12.5. The molecule has 0 aromatic carbocycles. The van der Waals surface area contributed by atoms with Gasteiger partial charge >= 0.3 is 0 Å². The molecule has 0 bridgehead atoms. The van der Waals surface area contributed by atoms with Gasteiger partial charge in [0.2, 0.25) is 0 Å². The molecule has 0 saturated heterocycles. The predicted molar refractivity (Wildman–Crippen MR) is 78.8 cm³/mol. The first-order valence-electron chi connectivity index (χ1n) is 6.93. The number of aliphatic hydroxyl groups is 2. The second-order valence-electron chi connectivity index (χ2n) is 5.82. The van der Waals surface area contributed by atoms with Crippen LogP contribution in [0.2, 0.25) is 0 Å². The summed E-state index contributed by atoms with van der Waals surface area (Å²) in [7, 11) is 1.70. The Morgan fingerprint density at radius 1 is 1.35 bits per heavy atom. The van der Waals surface area contributed by atoms with Crippen LogP contribution in [0.5, 0.6) is 0 Å². The van der Waals surface area contributed by atoms with E-state index in [1.54, 1.807) is 18.9 Å². The lowest BCUT2D eigenvalue weighted by Gasteiger charge is -2.30. The SMILES string of the molecule is CCn1c(C)cc(C(=O)N(C)CC(C)(CO)CO)c1C. The van der Waals surface area contributed by atoms with Gasteiger partial charge in [0, 0.05) is 36.9 Å². The quantitative estimate of drug-likeness (QED) is 0.823. The van der Waals surface area contributed by atoms with Crippen LogP contribution >= 0.6 is 0 Å². The third-order valence-electron chi connectivity index (χ3n) is 3.85. The van der Waals surface area contributed by atoms with E-state index >= 15 is 0 Å². The summed E-state index contributed by atoms with van der Waals surface area (Å²) >= 11 is 0. The fourth-order valence-corrected chi connectivity index (χ4v) is 2.50. The fourth-order valence-electron chi connectivity index (χ4n) is 2.50. The summed E-state index contributed by atoms with van der Waals surface area (Å²) in [6.07, 6.45) is 0. The Labute approximate surface area is 120 Å². The van der Waals surface area contributed by atoms with Gasteiger partial charge in [0.05, 0.1) is 18.8 Å². The van der Waals surface area contributed by atoms with Crippen LogP contribution in [0.15, 0.2) is 6.07 Å². The molecule has 2 N–H and O–H groups in total. The van der Waals surface area contributed by atoms with E-state index < -0.39 is 5.41 Å². The molecule has 1 amide bonds. The van der Waals surface area contributed by atoms with Gasteiger partial charge in [-0.25, -0.2) is 0 Å². The molecule has 0 aliphatic rings. The monoisotopic (exact) mass is 282 g/mol. The van der Waals surface area contributed by atoms with Crippen molar-refractivity contribution in [1.82, 2.24) is 9.47 Å². The van der Waals surface area contributed by atoms with Crippen LogP contribution < -0.4 is 0 Å². The van der Waals surface area contributed by atoms with E-state index in [0.29, 0.717) is 12.1 Å². The summed E-state index contributed by atoms with van der Waals surface area (Å²) in [5.74, 6) is -0.0778. The lowest BCUT2D eigenvalue weighted by atomic mass is 9.92. The normalized spacial score (nSPS) is 11.8. The zero-order valence-electron chi connectivity index (χ0n) is 13.1. The second kappa shape index (κ2) is 6.41. The van der Waals surface area contributed by atoms with E-state index in [4.69, 9.17) is 0 Å². The Morgan fingerprint density at radius 3 is 2.30 bits per heavy atom. The van der Waals surface area contributed by atoms with Gasteiger partial charge in [0.25, 0.3) is 5.91 Å². The first kappa shape index (κ1) is 16.7. The number of rotatable bonds is 6. The van der Waals surface area contributed by atoms with Gasteiger partial charge in [0.1, 0.15) is 0 Å². The molecule has 1 aromatic rings. The second-order valence-corrected chi connectivity index (χ2v) is 5.82. The van der Waals surface area contributed by atoms with E-state index in [1.807, 2.05) is 26.8 Å². The number of carbonyl (C=O) groups is 1. The molecule has 114 valence electrons. The van der Waals surface area contributed by atoms with Crippen molar-refractivity contribution in [2.45, 2.75) is 34.2 Å². The zero-order valence-corrected chi connectivity index (χ0v) is 13.1. The molecule has 1 heterocycles. The van der Waals surface area contributed by atoms with Gasteiger partial charge in [-0.05, 0) is 26.8 Å². The first-order valence-corrected chi connectivity index (χ1v) is 6.93. The standard InChI is InChI=1S/C15H26N2O3/c1-6-17-11(2)7-13(12(17)3)14(20)16(5)8-15(4,9-18)10-19/h7,18-19H,6,8-10H2,1-5H3. The Hall–Kier alpha value is -1.33. The number of aryl methyl sites for hydroxylation is 1. The number of nitrogens with zero attached hydrogens (tertiary/aromatic N) is 2. The Kier molecular flexibility index (Phi) is 5.36. The molecule has 0 saturated carbocycles. The van der Waals surface area contributed by atoms with E-state index in [-0.39, 0.29) is 19.1 Å². The molecular weight excluding hydrogens is 256 g/mol. The summed E-state index contributed by atoms with van der Waals surface area (Å²) in [6.45, 7) is 8.56. The lowest BCUT2D eigenvalue weighted by molar-refractivity contribution is 0.0366. The largest absolute Gasteiger partial charge is 0.396 e. The van der Waals surface area contributed by atoms with Crippen molar-refractivity contribution in [3.05, 3.63) is 23.0 Å². The maximum absolute atomic E-state index is 12.5. The average molecular weight is 282 g/mol. The molecule has 0 spiro atoms. The van der Waals surface area contributed by atoms with E-state index in [0.717, 1.165) is 17.9 Å². The maximum Gasteiger partial charge on any atom is 0.255 e. The van der Waals surface area contributed by atoms with Crippen LogP contribution in [0.1, 0.15) is 35.6 Å². The minimum Gasteiger partial charge on any atom is -0.396 e. The van der Waals surface area contributed by atoms with Crippen molar-refractivity contribution in [1.29, 1.82) is 0 Å². The molecule has 0 radical (unpaired) electrons. The number of aliphatic hydroxyl groups excluding tert-OH is 2. The molecule has 5 heteroatoms. The van der Waals surface area contributed by atoms with Crippen molar-refractivity contribution >= 4 is 5.91 Å². The minimum absolute atomic E-state index is 0.0778. The third-order valence-corrected chi connectivity index (χ3v) is 3.85. The molecule has 0 aliphatic carbocycles. The Balaban J connectivity index is 2.95. The highest BCUT2D eigenvalue weighted by Gasteiger charge is 2.28. The van der Waals surface area contributed by atoms with Gasteiger partial charge in [0.15, 0.2) is 0 Å². The fraction of sp³-hybridized carbons (Fsp3) is 0.667. The molecule has 1 aromatic heterocycles. The molecule has 1 rings (SSSR count). The van der Waals surface area contributed by atoms with E-state index in [9.17, 15) is 15.0 Å². The molecule has 0 atom stereocenters. The van der Waals surface area contributed by atoms with Gasteiger partial charge in [-0.3, -0.25) is 4.79 Å². The highest BCUT2D eigenvalue weighted by atomic mass is 16.3. The van der Waals surface area contributed by atoms with Crippen molar-refractivity contribution in [3.8, 4) is 0 Å². The van der Waals surface area contributed by atoms with Crippen molar-refractivity contribution in [2.75, 3.05) is 26.8 Å². The number of amides is 1. The van der Waals surface area contributed by atoms with E-state index in [1.165, 1.54) is 0 Å². The Morgan fingerprint density at radius 2 is 1.90 bits per heavy atom. The van der Waals surface area contributed by atoms with Crippen LogP contribution in [-0.4, -0.2) is 52.4 Å². The molecule has 20 heavy (non-hydrogen) atoms. The first-order chi connectivity index (χ1) is 9.29. The molecule has 0 unspecified atom stereocenters. The summed E-state index contributed by atoms with van der Waals surface area (Å²) in [5.41, 5.74) is 2.02. The predicted octanol–water partition coefficient (Wildman–Crippen LogP) is 1.19. The van der Waals surface area contributed by atoms with Crippen LogP contribution in [0, 0.1) is 19.3 Å². The molecule has 0 fully saturated rings. The summed E-state index contributed by atoms with van der Waals surface area (Å²) in [5, 5.41) is 18.7. The number of aromatic nitrogens is 1. The smallest absolute Gasteiger partial charge is 0.255 e. The summed E-state index contributed by atoms with van der Waals surface area (Å²) in [6, 6.07) is 1.90. The Bertz CT molecular complexity index is 476. The lowest BCUT2D eigenvalue weighted by Crippen LogP contribution is -2.41. The van der Waals surface area contributed by atoms with E-state index in [2.05, 4.69) is 4.57 Å². The van der Waals surface area contributed by atoms with Gasteiger partial charge < -0.3 is 19.7 Å². The van der Waals surface area contributed by atoms with Crippen molar-refractivity contribution in [2.24, 2.45) is 5.41 Å². The van der Waals surface area contributed by atoms with Crippen LogP contribution in [0.3, 0.4) is 0 Å². The highest BCUT2D eigenvalue weighted by Crippen LogP contribution is 2.20. The number of hydrogen-bond donors (Lipinski definition) is 2. The van der Waals surface area contributed by atoms with Gasteiger partial charge in [-0.15, -0.1) is 0 Å². The number of hydrogen-bond acceptors (Lipinski definition) is 3. The van der Waals surface area contributed by atoms with Crippen molar-refractivity contribution in [3.63, 3.8) is 0 Å². The molecule has 5 nitrogen and oxygen atoms in total. The molecular formula is C15H26N2O3. The topological polar surface area (TPSA) is 65.7 Å². The van der Waals surface area contributed by atoms with Crippen molar-refractivity contribution < 1.29 is 15.0 Å². The average Bonchev–Trinajstić information content (AvgIpc) is 2.72. The van der Waals surface area contributed by atoms with Crippen LogP contribution in [0.25, 0.3) is 0 Å². The van der Waals surface area contributed by atoms with Gasteiger partial charge in [-0.1, -0.05) is 6.92 Å². The number of carbonyl (C=O) groups excluding carboxylic acids is 1. The van der Waals surface area contributed by atoms with Gasteiger partial charge in [-0.2, -0.15) is 0 Å². The van der Waals surface area contributed by atoms with Crippen LogP contribution in [-0.2, 0) is 6.54 Å².